The van der Waals surface area contributed by atoms with Gasteiger partial charge in [-0.05, 0) is 18.1 Å². The first-order valence-electron chi connectivity index (χ1n) is 10.7. The molecule has 0 aromatic rings. The zero-order chi connectivity index (χ0) is 23.9. The molecule has 1 aliphatic rings. The van der Waals surface area contributed by atoms with Crippen molar-refractivity contribution in [3.05, 3.63) is 0 Å². The van der Waals surface area contributed by atoms with Crippen LogP contribution < -0.4 is 10.6 Å². The van der Waals surface area contributed by atoms with E-state index in [1.165, 1.54) is 0 Å². The van der Waals surface area contributed by atoms with Gasteiger partial charge < -0.3 is 19.8 Å². The SMILES string of the molecule is CC1(C)COC(=O)CCC(=O)SCCNC(=O)CCNC(=O)[C@@H]1O[Si](C)(C)C(C)(C)C. The predicted octanol–water partition coefficient (Wildman–Crippen LogP) is 2.62. The number of carbonyl (C=O) groups is 4. The van der Waals surface area contributed by atoms with Gasteiger partial charge in [-0.3, -0.25) is 19.2 Å². The van der Waals surface area contributed by atoms with Crippen molar-refractivity contribution < 1.29 is 28.3 Å². The third-order valence-corrected chi connectivity index (χ3v) is 11.0. The molecule has 1 heterocycles. The van der Waals surface area contributed by atoms with Crippen LogP contribution in [0.15, 0.2) is 0 Å². The smallest absolute Gasteiger partial charge is 0.306 e. The summed E-state index contributed by atoms with van der Waals surface area (Å²) in [5.41, 5.74) is -0.801. The zero-order valence-corrected chi connectivity index (χ0v) is 21.7. The first-order valence-corrected chi connectivity index (χ1v) is 14.6. The second kappa shape index (κ2) is 11.5. The molecule has 0 unspecified atom stereocenters. The Morgan fingerprint density at radius 3 is 2.29 bits per heavy atom. The van der Waals surface area contributed by atoms with Crippen LogP contribution in [0.3, 0.4) is 0 Å². The highest BCUT2D eigenvalue weighted by Crippen LogP contribution is 2.40. The fourth-order valence-electron chi connectivity index (χ4n) is 2.57. The maximum Gasteiger partial charge on any atom is 0.306 e. The van der Waals surface area contributed by atoms with E-state index in [4.69, 9.17) is 9.16 Å². The van der Waals surface area contributed by atoms with Crippen LogP contribution in [0.1, 0.15) is 53.9 Å². The molecule has 0 bridgehead atoms. The van der Waals surface area contributed by atoms with Gasteiger partial charge in [-0.25, -0.2) is 0 Å². The molecule has 0 spiro atoms. The topological polar surface area (TPSA) is 111 Å². The summed E-state index contributed by atoms with van der Waals surface area (Å²) in [6, 6.07) is 0. The van der Waals surface area contributed by atoms with E-state index in [0.717, 1.165) is 11.8 Å². The maximum atomic E-state index is 13.1. The van der Waals surface area contributed by atoms with Crippen LogP contribution in [0.25, 0.3) is 0 Å². The van der Waals surface area contributed by atoms with Gasteiger partial charge in [0.05, 0.1) is 13.0 Å². The van der Waals surface area contributed by atoms with E-state index in [1.54, 1.807) is 0 Å². The molecule has 1 atom stereocenters. The highest BCUT2D eigenvalue weighted by Gasteiger charge is 2.46. The fraction of sp³-hybridized carbons (Fsp3) is 0.810. The third kappa shape index (κ3) is 9.32. The van der Waals surface area contributed by atoms with Crippen LogP contribution in [-0.4, -0.2) is 62.8 Å². The monoisotopic (exact) mass is 474 g/mol. The number of thioether (sulfide) groups is 1. The van der Waals surface area contributed by atoms with Gasteiger partial charge >= 0.3 is 5.97 Å². The minimum Gasteiger partial charge on any atom is -0.465 e. The lowest BCUT2D eigenvalue weighted by Crippen LogP contribution is -2.55. The molecule has 1 fully saturated rings. The lowest BCUT2D eigenvalue weighted by atomic mass is 9.87. The van der Waals surface area contributed by atoms with Gasteiger partial charge in [0.15, 0.2) is 13.4 Å². The second-order valence-electron chi connectivity index (χ2n) is 10.0. The Balaban J connectivity index is 3.06. The molecular weight excluding hydrogens is 436 g/mol. The first kappa shape index (κ1) is 27.6. The van der Waals surface area contributed by atoms with Gasteiger partial charge in [0, 0.05) is 37.1 Å². The molecule has 0 aliphatic carbocycles. The summed E-state index contributed by atoms with van der Waals surface area (Å²) >= 11 is 1.08. The number of carbonyl (C=O) groups excluding carboxylic acids is 4. The van der Waals surface area contributed by atoms with Crippen LogP contribution in [0.2, 0.25) is 18.1 Å². The Hall–Kier alpha value is -1.39. The summed E-state index contributed by atoms with van der Waals surface area (Å²) in [4.78, 5) is 49.1. The normalized spacial score (nSPS) is 23.4. The fourth-order valence-corrected chi connectivity index (χ4v) is 4.61. The molecule has 8 nitrogen and oxygen atoms in total. The van der Waals surface area contributed by atoms with Crippen molar-refractivity contribution in [1.82, 2.24) is 10.6 Å². The van der Waals surface area contributed by atoms with E-state index in [9.17, 15) is 19.2 Å². The number of nitrogens with one attached hydrogen (secondary N) is 2. The molecular formula is C21H38N2O6SSi. The average Bonchev–Trinajstić information content (AvgIpc) is 2.64. The number of amides is 2. The van der Waals surface area contributed by atoms with E-state index >= 15 is 0 Å². The van der Waals surface area contributed by atoms with E-state index in [-0.39, 0.29) is 54.4 Å². The van der Waals surface area contributed by atoms with E-state index in [2.05, 4.69) is 44.5 Å². The maximum absolute atomic E-state index is 13.1. The van der Waals surface area contributed by atoms with Gasteiger partial charge in [0.25, 0.3) is 0 Å². The van der Waals surface area contributed by atoms with Crippen LogP contribution in [-0.2, 0) is 28.3 Å². The molecule has 1 rings (SSSR count). The predicted molar refractivity (Wildman–Crippen MR) is 124 cm³/mol. The number of hydrogen-bond donors (Lipinski definition) is 2. The van der Waals surface area contributed by atoms with Gasteiger partial charge in [0.1, 0.15) is 6.10 Å². The molecule has 1 saturated heterocycles. The van der Waals surface area contributed by atoms with Crippen LogP contribution in [0.5, 0.6) is 0 Å². The molecule has 0 saturated carbocycles. The molecule has 0 aromatic heterocycles. The Morgan fingerprint density at radius 2 is 1.68 bits per heavy atom. The number of hydrogen-bond acceptors (Lipinski definition) is 7. The van der Waals surface area contributed by atoms with Crippen molar-refractivity contribution in [2.75, 3.05) is 25.4 Å². The molecule has 2 N–H and O–H groups in total. The van der Waals surface area contributed by atoms with E-state index in [0.29, 0.717) is 12.3 Å². The van der Waals surface area contributed by atoms with Crippen LogP contribution >= 0.6 is 11.8 Å². The zero-order valence-electron chi connectivity index (χ0n) is 19.9. The average molecular weight is 475 g/mol. The van der Waals surface area contributed by atoms with E-state index < -0.39 is 25.8 Å². The van der Waals surface area contributed by atoms with Crippen molar-refractivity contribution in [2.24, 2.45) is 5.41 Å². The van der Waals surface area contributed by atoms with Crippen LogP contribution in [0.4, 0.5) is 0 Å². The lowest BCUT2D eigenvalue weighted by Gasteiger charge is -2.43. The summed E-state index contributed by atoms with van der Waals surface area (Å²) in [6.07, 6.45) is -0.666. The molecule has 178 valence electrons. The first-order chi connectivity index (χ1) is 14.2. The van der Waals surface area contributed by atoms with Gasteiger partial charge in [-0.2, -0.15) is 0 Å². The van der Waals surface area contributed by atoms with E-state index in [1.807, 2.05) is 13.8 Å². The van der Waals surface area contributed by atoms with Gasteiger partial charge in [-0.15, -0.1) is 0 Å². The van der Waals surface area contributed by atoms with Crippen LogP contribution in [0, 0.1) is 5.41 Å². The number of cyclic esters (lactones) is 1. The Kier molecular flexibility index (Phi) is 10.2. The highest BCUT2D eigenvalue weighted by atomic mass is 32.2. The van der Waals surface area contributed by atoms with Crippen molar-refractivity contribution in [1.29, 1.82) is 0 Å². The Bertz CT molecular complexity index is 675. The minimum absolute atomic E-state index is 0.0135. The molecule has 0 radical (unpaired) electrons. The van der Waals surface area contributed by atoms with Crippen molar-refractivity contribution in [3.63, 3.8) is 0 Å². The Labute approximate surface area is 191 Å². The summed E-state index contributed by atoms with van der Waals surface area (Å²) in [7, 11) is -2.32. The second-order valence-corrected chi connectivity index (χ2v) is 15.9. The molecule has 1 aliphatic heterocycles. The summed E-state index contributed by atoms with van der Waals surface area (Å²) < 4.78 is 11.9. The largest absolute Gasteiger partial charge is 0.465 e. The summed E-state index contributed by atoms with van der Waals surface area (Å²) in [5, 5.41) is 5.29. The standard InChI is InChI=1S/C21H38N2O6SSi/c1-20(2,3)31(6,7)29-18-19(27)23-11-10-15(24)22-12-13-30-17(26)9-8-16(25)28-14-21(18,4)5/h18H,8-14H2,1-7H3,(H,22,24)(H,23,27)/t18-/m0/s1. The summed E-state index contributed by atoms with van der Waals surface area (Å²) in [6.45, 7) is 14.5. The van der Waals surface area contributed by atoms with Crippen molar-refractivity contribution in [3.8, 4) is 0 Å². The quantitative estimate of drug-likeness (QED) is 0.467. The van der Waals surface area contributed by atoms with Gasteiger partial charge in [-0.1, -0.05) is 46.4 Å². The molecule has 31 heavy (non-hydrogen) atoms. The summed E-state index contributed by atoms with van der Waals surface area (Å²) in [5.74, 6) is -0.571. The van der Waals surface area contributed by atoms with Gasteiger partial charge in [0.2, 0.25) is 11.8 Å². The molecule has 10 heteroatoms. The number of ether oxygens (including phenoxy) is 1. The number of esters is 1. The van der Waals surface area contributed by atoms with Crippen molar-refractivity contribution in [2.45, 2.75) is 78.1 Å². The number of rotatable bonds is 2. The third-order valence-electron chi connectivity index (χ3n) is 5.64. The molecule has 0 aromatic carbocycles. The van der Waals surface area contributed by atoms with Crippen molar-refractivity contribution >= 4 is 43.0 Å². The molecule has 2 amide bonds. The Morgan fingerprint density at radius 1 is 1.03 bits per heavy atom. The lowest BCUT2D eigenvalue weighted by molar-refractivity contribution is -0.153. The highest BCUT2D eigenvalue weighted by molar-refractivity contribution is 8.13. The minimum atomic E-state index is -2.32.